The van der Waals surface area contributed by atoms with E-state index < -0.39 is 66.2 Å². The van der Waals surface area contributed by atoms with Gasteiger partial charge < -0.3 is 34.1 Å². The fourth-order valence-electron chi connectivity index (χ4n) is 3.53. The molecular weight excluding hydrogens is 492 g/mol. The SMILES string of the molecule is CC(=O)O[C@@H]1[C@@H](OC(C)=O)[C@@H](O)O[C@H](CNC(=O)c2ccccc2NC(=O)OC(C)(C)C)[C@H]1OC(C)=O. The first-order chi connectivity index (χ1) is 17.2. The van der Waals surface area contributed by atoms with Crippen molar-refractivity contribution in [3.63, 3.8) is 0 Å². The van der Waals surface area contributed by atoms with Crippen molar-refractivity contribution in [2.45, 2.75) is 77.8 Å². The van der Waals surface area contributed by atoms with Gasteiger partial charge in [0.15, 0.2) is 24.6 Å². The minimum atomic E-state index is -1.76. The van der Waals surface area contributed by atoms with E-state index in [0.29, 0.717) is 0 Å². The van der Waals surface area contributed by atoms with Crippen LogP contribution in [0.1, 0.15) is 51.9 Å². The zero-order valence-electron chi connectivity index (χ0n) is 21.4. The highest BCUT2D eigenvalue weighted by molar-refractivity contribution is 6.02. The number of anilines is 1. The Morgan fingerprint density at radius 2 is 1.43 bits per heavy atom. The van der Waals surface area contributed by atoms with Crippen LogP contribution in [0.4, 0.5) is 10.5 Å². The number of hydrogen-bond acceptors (Lipinski definition) is 11. The summed E-state index contributed by atoms with van der Waals surface area (Å²) >= 11 is 0. The van der Waals surface area contributed by atoms with E-state index in [-0.39, 0.29) is 17.8 Å². The quantitative estimate of drug-likeness (QED) is 0.346. The smallest absolute Gasteiger partial charge is 0.412 e. The van der Waals surface area contributed by atoms with E-state index >= 15 is 0 Å². The maximum absolute atomic E-state index is 13.0. The molecule has 1 saturated heterocycles. The predicted octanol–water partition coefficient (Wildman–Crippen LogP) is 1.28. The molecule has 2 rings (SSSR count). The molecule has 37 heavy (non-hydrogen) atoms. The maximum Gasteiger partial charge on any atom is 0.412 e. The number of aliphatic hydroxyl groups is 1. The molecule has 5 atom stereocenters. The maximum atomic E-state index is 13.0. The van der Waals surface area contributed by atoms with E-state index in [4.69, 9.17) is 23.7 Å². The molecular formula is C24H32N2O11. The normalized spacial score (nSPS) is 23.3. The molecule has 0 radical (unpaired) electrons. The number of esters is 3. The first kappa shape index (κ1) is 29.5. The first-order valence-corrected chi connectivity index (χ1v) is 11.4. The molecule has 1 aromatic carbocycles. The van der Waals surface area contributed by atoms with E-state index in [2.05, 4.69) is 10.6 Å². The van der Waals surface area contributed by atoms with Crippen LogP contribution in [-0.4, -0.2) is 77.9 Å². The summed E-state index contributed by atoms with van der Waals surface area (Å²) in [6.45, 7) is 8.02. The van der Waals surface area contributed by atoms with Gasteiger partial charge in [0.05, 0.1) is 11.3 Å². The third-order valence-electron chi connectivity index (χ3n) is 4.79. The van der Waals surface area contributed by atoms with Gasteiger partial charge in [-0.3, -0.25) is 24.5 Å². The van der Waals surface area contributed by atoms with Gasteiger partial charge in [0.2, 0.25) is 0 Å². The van der Waals surface area contributed by atoms with E-state index in [9.17, 15) is 29.1 Å². The van der Waals surface area contributed by atoms with Crippen molar-refractivity contribution >= 4 is 35.6 Å². The largest absolute Gasteiger partial charge is 0.456 e. The predicted molar refractivity (Wildman–Crippen MR) is 126 cm³/mol. The Bertz CT molecular complexity index is 1020. The number of nitrogens with one attached hydrogen (secondary N) is 2. The number of benzene rings is 1. The van der Waals surface area contributed by atoms with Gasteiger partial charge in [0, 0.05) is 27.3 Å². The number of hydrogen-bond donors (Lipinski definition) is 3. The topological polar surface area (TPSA) is 176 Å². The highest BCUT2D eigenvalue weighted by Crippen LogP contribution is 2.28. The molecule has 0 aromatic heterocycles. The summed E-state index contributed by atoms with van der Waals surface area (Å²) < 4.78 is 26.2. The number of carbonyl (C=O) groups excluding carboxylic acids is 5. The fourth-order valence-corrected chi connectivity index (χ4v) is 3.53. The van der Waals surface area contributed by atoms with Crippen LogP contribution in [0.5, 0.6) is 0 Å². The lowest BCUT2D eigenvalue weighted by Crippen LogP contribution is -2.63. The third-order valence-corrected chi connectivity index (χ3v) is 4.79. The molecule has 1 heterocycles. The first-order valence-electron chi connectivity index (χ1n) is 11.4. The van der Waals surface area contributed by atoms with Crippen molar-refractivity contribution < 1.29 is 52.8 Å². The Morgan fingerprint density at radius 1 is 0.892 bits per heavy atom. The van der Waals surface area contributed by atoms with Crippen LogP contribution >= 0.6 is 0 Å². The van der Waals surface area contributed by atoms with Gasteiger partial charge in [-0.25, -0.2) is 4.79 Å². The van der Waals surface area contributed by atoms with Crippen LogP contribution in [0.3, 0.4) is 0 Å². The minimum Gasteiger partial charge on any atom is -0.456 e. The Morgan fingerprint density at radius 3 is 2.00 bits per heavy atom. The van der Waals surface area contributed by atoms with E-state index in [0.717, 1.165) is 20.8 Å². The molecule has 0 spiro atoms. The van der Waals surface area contributed by atoms with Gasteiger partial charge in [-0.05, 0) is 32.9 Å². The van der Waals surface area contributed by atoms with Gasteiger partial charge in [-0.15, -0.1) is 0 Å². The molecule has 3 N–H and O–H groups in total. The molecule has 204 valence electrons. The van der Waals surface area contributed by atoms with Crippen LogP contribution in [0, 0.1) is 0 Å². The second kappa shape index (κ2) is 12.5. The average molecular weight is 525 g/mol. The van der Waals surface area contributed by atoms with Crippen LogP contribution in [0.15, 0.2) is 24.3 Å². The van der Waals surface area contributed by atoms with E-state index in [1.165, 1.54) is 12.1 Å². The number of amides is 2. The van der Waals surface area contributed by atoms with Crippen LogP contribution in [-0.2, 0) is 38.1 Å². The summed E-state index contributed by atoms with van der Waals surface area (Å²) in [7, 11) is 0. The summed E-state index contributed by atoms with van der Waals surface area (Å²) in [6, 6.07) is 6.15. The van der Waals surface area contributed by atoms with Crippen LogP contribution < -0.4 is 10.6 Å². The lowest BCUT2D eigenvalue weighted by atomic mass is 9.97. The number of ether oxygens (including phenoxy) is 5. The van der Waals surface area contributed by atoms with Gasteiger partial charge in [0.25, 0.3) is 5.91 Å². The number of aliphatic hydroxyl groups excluding tert-OH is 1. The molecule has 2 amide bonds. The molecule has 1 aliphatic rings. The lowest BCUT2D eigenvalue weighted by molar-refractivity contribution is -0.289. The Balaban J connectivity index is 2.23. The lowest BCUT2D eigenvalue weighted by Gasteiger charge is -2.42. The number of carbonyl (C=O) groups is 5. The van der Waals surface area contributed by atoms with Gasteiger partial charge in [0.1, 0.15) is 11.7 Å². The average Bonchev–Trinajstić information content (AvgIpc) is 2.75. The molecule has 0 aliphatic carbocycles. The van der Waals surface area contributed by atoms with Crippen molar-refractivity contribution in [2.75, 3.05) is 11.9 Å². The summed E-state index contributed by atoms with van der Waals surface area (Å²) in [4.78, 5) is 60.2. The van der Waals surface area contributed by atoms with E-state index in [1.807, 2.05) is 0 Å². The summed E-state index contributed by atoms with van der Waals surface area (Å²) in [5.74, 6) is -3.00. The van der Waals surface area contributed by atoms with Crippen molar-refractivity contribution in [2.24, 2.45) is 0 Å². The van der Waals surface area contributed by atoms with Gasteiger partial charge >= 0.3 is 24.0 Å². The molecule has 1 aliphatic heterocycles. The summed E-state index contributed by atoms with van der Waals surface area (Å²) in [5.41, 5.74) is -0.500. The Hall–Kier alpha value is -3.71. The number of rotatable bonds is 7. The molecule has 0 saturated carbocycles. The molecule has 0 unspecified atom stereocenters. The zero-order valence-corrected chi connectivity index (χ0v) is 21.4. The standard InChI is InChI=1S/C24H32N2O11/c1-12(27)33-18-17(36-22(31)20(35-14(3)29)19(18)34-13(2)28)11-25-21(30)15-9-7-8-10-16(15)26-23(32)37-24(4,5)6/h7-10,17-20,22,31H,11H2,1-6H3,(H,25,30)(H,26,32)/t17-,18-,19+,20-,22+/m1/s1. The van der Waals surface area contributed by atoms with Crippen LogP contribution in [0.25, 0.3) is 0 Å². The summed E-state index contributed by atoms with van der Waals surface area (Å²) in [5, 5.41) is 15.5. The Labute approximate surface area is 213 Å². The van der Waals surface area contributed by atoms with Gasteiger partial charge in [-0.1, -0.05) is 12.1 Å². The number of para-hydroxylation sites is 1. The van der Waals surface area contributed by atoms with Crippen molar-refractivity contribution in [3.05, 3.63) is 29.8 Å². The molecule has 1 fully saturated rings. The highest BCUT2D eigenvalue weighted by atomic mass is 16.7. The van der Waals surface area contributed by atoms with Crippen molar-refractivity contribution in [1.29, 1.82) is 0 Å². The monoisotopic (exact) mass is 524 g/mol. The van der Waals surface area contributed by atoms with Gasteiger partial charge in [-0.2, -0.15) is 0 Å². The molecule has 1 aromatic rings. The fraction of sp³-hybridized carbons (Fsp3) is 0.542. The third kappa shape index (κ3) is 9.03. The zero-order chi connectivity index (χ0) is 27.9. The van der Waals surface area contributed by atoms with E-state index in [1.54, 1.807) is 32.9 Å². The van der Waals surface area contributed by atoms with Crippen molar-refractivity contribution in [3.8, 4) is 0 Å². The molecule has 13 heteroatoms. The molecule has 13 nitrogen and oxygen atoms in total. The van der Waals surface area contributed by atoms with Crippen LogP contribution in [0.2, 0.25) is 0 Å². The Kier molecular flexibility index (Phi) is 9.97. The molecule has 0 bridgehead atoms. The second-order valence-electron chi connectivity index (χ2n) is 9.17. The second-order valence-corrected chi connectivity index (χ2v) is 9.17. The van der Waals surface area contributed by atoms with Crippen molar-refractivity contribution in [1.82, 2.24) is 5.32 Å². The highest BCUT2D eigenvalue weighted by Gasteiger charge is 2.51. The minimum absolute atomic E-state index is 0.0862. The summed E-state index contributed by atoms with van der Waals surface area (Å²) in [6.07, 6.45) is -7.98.